The van der Waals surface area contributed by atoms with Crippen LogP contribution in [0.5, 0.6) is 5.75 Å². The monoisotopic (exact) mass is 479 g/mol. The first-order valence-electron chi connectivity index (χ1n) is 9.96. The third-order valence-electron chi connectivity index (χ3n) is 5.70. The highest BCUT2D eigenvalue weighted by atomic mass is 79.9. The molecule has 2 heterocycles. The lowest BCUT2D eigenvalue weighted by atomic mass is 10.0. The third kappa shape index (κ3) is 5.05. The van der Waals surface area contributed by atoms with E-state index in [0.717, 1.165) is 74.1 Å². The second-order valence-corrected chi connectivity index (χ2v) is 7.89. The number of hydrogen-bond donors (Lipinski definition) is 1. The first-order valence-corrected chi connectivity index (χ1v) is 10.3. The molecule has 0 bridgehead atoms. The van der Waals surface area contributed by atoms with Crippen LogP contribution in [0.1, 0.15) is 18.4 Å². The van der Waals surface area contributed by atoms with Gasteiger partial charge in [0.15, 0.2) is 0 Å². The van der Waals surface area contributed by atoms with E-state index in [4.69, 9.17) is 11.6 Å². The average Bonchev–Trinajstić information content (AvgIpc) is 2.70. The van der Waals surface area contributed by atoms with Crippen LogP contribution < -0.4 is 9.80 Å². The van der Waals surface area contributed by atoms with Crippen LogP contribution in [-0.2, 0) is 11.2 Å². The molecule has 0 aliphatic carbocycles. The number of anilines is 2. The van der Waals surface area contributed by atoms with Gasteiger partial charge in [0.1, 0.15) is 5.75 Å². The Balaban J connectivity index is 0.00000240. The van der Waals surface area contributed by atoms with Crippen LogP contribution in [0, 0.1) is 0 Å². The topological polar surface area (TPSA) is 47.0 Å². The molecule has 7 heteroatoms. The van der Waals surface area contributed by atoms with Crippen LogP contribution in [0.2, 0.25) is 5.02 Å². The normalized spacial score (nSPS) is 17.1. The summed E-state index contributed by atoms with van der Waals surface area (Å²) in [5.74, 6) is 0.509. The summed E-state index contributed by atoms with van der Waals surface area (Å²) in [4.78, 5) is 19.1. The molecular formula is C22H27BrClN3O2. The lowest BCUT2D eigenvalue weighted by Crippen LogP contribution is -2.47. The molecule has 2 aromatic carbocycles. The largest absolute Gasteiger partial charge is 0.508 e. The second kappa shape index (κ2) is 9.83. The Morgan fingerprint density at radius 1 is 0.966 bits per heavy atom. The molecule has 0 atom stereocenters. The van der Waals surface area contributed by atoms with Gasteiger partial charge in [-0.2, -0.15) is 0 Å². The standard InChI is InChI=1S/C22H26ClN3O2.BrH/c23-20-6-2-7-21-19(20)8-9-22(28)26(21)11-3-10-24-12-14-25(15-13-24)17-4-1-5-18(27)16-17;/h1-2,4-7,16,27H,3,8-15H2;1H. The van der Waals surface area contributed by atoms with E-state index in [2.05, 4.69) is 9.80 Å². The molecule has 2 aromatic rings. The molecule has 0 saturated carbocycles. The van der Waals surface area contributed by atoms with Crippen molar-refractivity contribution < 1.29 is 9.90 Å². The van der Waals surface area contributed by atoms with Crippen molar-refractivity contribution in [2.75, 3.05) is 49.1 Å². The highest BCUT2D eigenvalue weighted by molar-refractivity contribution is 8.93. The zero-order chi connectivity index (χ0) is 19.5. The number of phenolic OH excluding ortho intramolecular Hbond substituents is 1. The minimum absolute atomic E-state index is 0. The van der Waals surface area contributed by atoms with Crippen molar-refractivity contribution >= 4 is 45.9 Å². The predicted molar refractivity (Wildman–Crippen MR) is 124 cm³/mol. The number of hydrogen-bond acceptors (Lipinski definition) is 4. The minimum atomic E-state index is 0. The molecule has 5 nitrogen and oxygen atoms in total. The maximum Gasteiger partial charge on any atom is 0.227 e. The van der Waals surface area contributed by atoms with Crippen LogP contribution in [0.4, 0.5) is 11.4 Å². The molecule has 1 fully saturated rings. The number of amides is 1. The fourth-order valence-electron chi connectivity index (χ4n) is 4.17. The molecule has 0 unspecified atom stereocenters. The second-order valence-electron chi connectivity index (χ2n) is 7.48. The number of piperazine rings is 1. The molecule has 4 rings (SSSR count). The van der Waals surface area contributed by atoms with Gasteiger partial charge >= 0.3 is 0 Å². The smallest absolute Gasteiger partial charge is 0.227 e. The van der Waals surface area contributed by atoms with Gasteiger partial charge in [-0.05, 0) is 49.2 Å². The van der Waals surface area contributed by atoms with Gasteiger partial charge in [0, 0.05) is 61.6 Å². The Hall–Kier alpha value is -1.76. The van der Waals surface area contributed by atoms with Crippen LogP contribution in [0.15, 0.2) is 42.5 Å². The van der Waals surface area contributed by atoms with Crippen LogP contribution >= 0.6 is 28.6 Å². The van der Waals surface area contributed by atoms with Gasteiger partial charge in [-0.3, -0.25) is 9.69 Å². The number of halogens is 2. The number of carbonyl (C=O) groups excluding carboxylic acids is 1. The molecular weight excluding hydrogens is 454 g/mol. The summed E-state index contributed by atoms with van der Waals surface area (Å²) in [6, 6.07) is 13.3. The van der Waals surface area contributed by atoms with Gasteiger partial charge in [0.05, 0.1) is 0 Å². The van der Waals surface area contributed by atoms with E-state index in [1.54, 1.807) is 6.07 Å². The van der Waals surface area contributed by atoms with Crippen molar-refractivity contribution in [3.8, 4) is 5.75 Å². The molecule has 1 saturated heterocycles. The number of aromatic hydroxyl groups is 1. The molecule has 0 spiro atoms. The number of rotatable bonds is 5. The van der Waals surface area contributed by atoms with Gasteiger partial charge < -0.3 is 14.9 Å². The van der Waals surface area contributed by atoms with E-state index in [0.29, 0.717) is 12.2 Å². The van der Waals surface area contributed by atoms with E-state index in [1.165, 1.54) is 0 Å². The quantitative estimate of drug-likeness (QED) is 0.699. The molecule has 0 radical (unpaired) electrons. The van der Waals surface area contributed by atoms with Gasteiger partial charge in [0.25, 0.3) is 0 Å². The summed E-state index contributed by atoms with van der Waals surface area (Å²) in [5.41, 5.74) is 3.16. The number of carbonyl (C=O) groups is 1. The summed E-state index contributed by atoms with van der Waals surface area (Å²) >= 11 is 6.32. The first-order chi connectivity index (χ1) is 13.6. The van der Waals surface area contributed by atoms with Crippen molar-refractivity contribution in [3.63, 3.8) is 0 Å². The number of fused-ring (bicyclic) bond motifs is 1. The van der Waals surface area contributed by atoms with Gasteiger partial charge in [0.2, 0.25) is 5.91 Å². The van der Waals surface area contributed by atoms with E-state index >= 15 is 0 Å². The van der Waals surface area contributed by atoms with Gasteiger partial charge in [-0.1, -0.05) is 23.7 Å². The first kappa shape index (κ1) is 21.9. The van der Waals surface area contributed by atoms with Crippen molar-refractivity contribution in [2.45, 2.75) is 19.3 Å². The van der Waals surface area contributed by atoms with Crippen molar-refractivity contribution in [3.05, 3.63) is 53.1 Å². The van der Waals surface area contributed by atoms with E-state index < -0.39 is 0 Å². The third-order valence-corrected chi connectivity index (χ3v) is 6.05. The lowest BCUT2D eigenvalue weighted by molar-refractivity contribution is -0.118. The Morgan fingerprint density at radius 3 is 2.48 bits per heavy atom. The van der Waals surface area contributed by atoms with Crippen molar-refractivity contribution in [1.82, 2.24) is 4.90 Å². The van der Waals surface area contributed by atoms with Crippen molar-refractivity contribution in [2.24, 2.45) is 0 Å². The highest BCUT2D eigenvalue weighted by Crippen LogP contribution is 2.33. The zero-order valence-electron chi connectivity index (χ0n) is 16.4. The predicted octanol–water partition coefficient (Wildman–Crippen LogP) is 4.12. The van der Waals surface area contributed by atoms with Crippen LogP contribution in [-0.4, -0.2) is 55.2 Å². The maximum atomic E-state index is 12.4. The highest BCUT2D eigenvalue weighted by Gasteiger charge is 2.25. The van der Waals surface area contributed by atoms with Crippen molar-refractivity contribution in [1.29, 1.82) is 0 Å². The summed E-state index contributed by atoms with van der Waals surface area (Å²) in [5, 5.41) is 10.4. The SMILES string of the molecule is Br.O=C1CCc2c(Cl)cccc2N1CCCN1CCN(c2cccc(O)c2)CC1. The number of benzene rings is 2. The fourth-order valence-corrected chi connectivity index (χ4v) is 4.43. The summed E-state index contributed by atoms with van der Waals surface area (Å²) < 4.78 is 0. The molecule has 1 amide bonds. The molecule has 0 aromatic heterocycles. The Morgan fingerprint density at radius 2 is 1.72 bits per heavy atom. The summed E-state index contributed by atoms with van der Waals surface area (Å²) in [7, 11) is 0. The lowest BCUT2D eigenvalue weighted by Gasteiger charge is -2.36. The molecule has 1 N–H and O–H groups in total. The molecule has 2 aliphatic heterocycles. The zero-order valence-corrected chi connectivity index (χ0v) is 18.9. The number of phenols is 1. The average molecular weight is 481 g/mol. The van der Waals surface area contributed by atoms with E-state index in [1.807, 2.05) is 41.3 Å². The van der Waals surface area contributed by atoms with Crippen LogP contribution in [0.3, 0.4) is 0 Å². The maximum absolute atomic E-state index is 12.4. The molecule has 156 valence electrons. The molecule has 2 aliphatic rings. The Labute approximate surface area is 187 Å². The molecule has 29 heavy (non-hydrogen) atoms. The number of nitrogens with zero attached hydrogens (tertiary/aromatic N) is 3. The summed E-state index contributed by atoms with van der Waals surface area (Å²) in [6.07, 6.45) is 2.23. The van der Waals surface area contributed by atoms with E-state index in [-0.39, 0.29) is 22.9 Å². The Kier molecular flexibility index (Phi) is 7.44. The minimum Gasteiger partial charge on any atom is -0.508 e. The van der Waals surface area contributed by atoms with Gasteiger partial charge in [-0.25, -0.2) is 0 Å². The van der Waals surface area contributed by atoms with Gasteiger partial charge in [-0.15, -0.1) is 17.0 Å². The fraction of sp³-hybridized carbons (Fsp3) is 0.409. The van der Waals surface area contributed by atoms with Crippen LogP contribution in [0.25, 0.3) is 0 Å². The van der Waals surface area contributed by atoms with E-state index in [9.17, 15) is 9.90 Å². The summed E-state index contributed by atoms with van der Waals surface area (Å²) in [6.45, 7) is 5.60. The Bertz CT molecular complexity index is 856.